The van der Waals surface area contributed by atoms with Crippen LogP contribution in [0.5, 0.6) is 0 Å². The van der Waals surface area contributed by atoms with Gasteiger partial charge < -0.3 is 10.4 Å². The van der Waals surface area contributed by atoms with Crippen molar-refractivity contribution in [1.82, 2.24) is 10.6 Å². The third kappa shape index (κ3) is 4.70. The number of sulfone groups is 1. The number of nitrogens with one attached hydrogen (secondary N) is 2. The number of hydrogen-bond donors (Lipinski definition) is 3. The lowest BCUT2D eigenvalue weighted by Gasteiger charge is -2.12. The second kappa shape index (κ2) is 5.46. The minimum Gasteiger partial charge on any atom is -0.480 e. The Kier molecular flexibility index (Phi) is 4.47. The van der Waals surface area contributed by atoms with Crippen LogP contribution >= 0.6 is 0 Å². The van der Waals surface area contributed by atoms with Crippen molar-refractivity contribution in [3.8, 4) is 0 Å². The Hall–Kier alpha value is -1.15. The first kappa shape index (κ1) is 13.9. The van der Waals surface area contributed by atoms with Gasteiger partial charge in [-0.15, -0.1) is 0 Å². The SMILES string of the molecule is C[C@@H](NCC(=O)NC1CCS(=O)(=O)C1)C(=O)O. The lowest BCUT2D eigenvalue weighted by atomic mass is 10.2. The van der Waals surface area contributed by atoms with Crippen molar-refractivity contribution < 1.29 is 23.1 Å². The molecule has 0 bridgehead atoms. The fourth-order valence-electron chi connectivity index (χ4n) is 1.52. The summed E-state index contributed by atoms with van der Waals surface area (Å²) in [5.74, 6) is -1.37. The van der Waals surface area contributed by atoms with Crippen LogP contribution in [0.1, 0.15) is 13.3 Å². The largest absolute Gasteiger partial charge is 0.480 e. The molecule has 1 saturated heterocycles. The standard InChI is InChI=1S/C9H16N2O5S/c1-6(9(13)14)10-4-8(12)11-7-2-3-17(15,16)5-7/h6-7,10H,2-5H2,1H3,(H,11,12)(H,13,14)/t6-,7?/m1/s1. The predicted molar refractivity (Wildman–Crippen MR) is 60.3 cm³/mol. The Morgan fingerprint density at radius 1 is 1.47 bits per heavy atom. The highest BCUT2D eigenvalue weighted by molar-refractivity contribution is 7.91. The van der Waals surface area contributed by atoms with Gasteiger partial charge in [-0.1, -0.05) is 0 Å². The van der Waals surface area contributed by atoms with Crippen molar-refractivity contribution in [2.45, 2.75) is 25.4 Å². The summed E-state index contributed by atoms with van der Waals surface area (Å²) in [5.41, 5.74) is 0. The molecule has 0 radical (unpaired) electrons. The summed E-state index contributed by atoms with van der Waals surface area (Å²) in [6, 6.07) is -1.16. The molecule has 0 aromatic carbocycles. The summed E-state index contributed by atoms with van der Waals surface area (Å²) in [5, 5.41) is 13.6. The van der Waals surface area contributed by atoms with Crippen LogP contribution in [0.2, 0.25) is 0 Å². The van der Waals surface area contributed by atoms with Crippen LogP contribution in [0, 0.1) is 0 Å². The molecule has 7 nitrogen and oxygen atoms in total. The van der Waals surface area contributed by atoms with Crippen LogP contribution in [0.4, 0.5) is 0 Å². The lowest BCUT2D eigenvalue weighted by molar-refractivity contribution is -0.139. The highest BCUT2D eigenvalue weighted by atomic mass is 32.2. The van der Waals surface area contributed by atoms with E-state index in [9.17, 15) is 18.0 Å². The summed E-state index contributed by atoms with van der Waals surface area (Å²) in [7, 11) is -3.02. The van der Waals surface area contributed by atoms with Gasteiger partial charge in [0.1, 0.15) is 6.04 Å². The van der Waals surface area contributed by atoms with Gasteiger partial charge in [-0.3, -0.25) is 14.9 Å². The lowest BCUT2D eigenvalue weighted by Crippen LogP contribution is -2.44. The van der Waals surface area contributed by atoms with Crippen molar-refractivity contribution in [3.63, 3.8) is 0 Å². The normalized spacial score (nSPS) is 24.2. The Balaban J connectivity index is 2.29. The molecule has 0 aliphatic carbocycles. The predicted octanol–water partition coefficient (Wildman–Crippen LogP) is -1.65. The van der Waals surface area contributed by atoms with E-state index in [1.807, 2.05) is 0 Å². The van der Waals surface area contributed by atoms with Gasteiger partial charge in [-0.05, 0) is 13.3 Å². The van der Waals surface area contributed by atoms with Gasteiger partial charge in [0.25, 0.3) is 0 Å². The molecule has 1 heterocycles. The fourth-order valence-corrected chi connectivity index (χ4v) is 3.19. The monoisotopic (exact) mass is 264 g/mol. The fraction of sp³-hybridized carbons (Fsp3) is 0.778. The number of carbonyl (C=O) groups excluding carboxylic acids is 1. The molecular formula is C9H16N2O5S. The van der Waals surface area contributed by atoms with Crippen molar-refractivity contribution >= 4 is 21.7 Å². The van der Waals surface area contributed by atoms with E-state index in [0.717, 1.165) is 0 Å². The quantitative estimate of drug-likeness (QED) is 0.548. The van der Waals surface area contributed by atoms with E-state index in [0.29, 0.717) is 6.42 Å². The average Bonchev–Trinajstić information content (AvgIpc) is 2.54. The average molecular weight is 264 g/mol. The topological polar surface area (TPSA) is 113 Å². The molecule has 0 saturated carbocycles. The van der Waals surface area contributed by atoms with Crippen LogP contribution in [0.25, 0.3) is 0 Å². The smallest absolute Gasteiger partial charge is 0.320 e. The van der Waals surface area contributed by atoms with E-state index >= 15 is 0 Å². The van der Waals surface area contributed by atoms with Gasteiger partial charge in [0.2, 0.25) is 5.91 Å². The molecule has 0 aromatic heterocycles. The van der Waals surface area contributed by atoms with E-state index < -0.39 is 21.8 Å². The van der Waals surface area contributed by atoms with Gasteiger partial charge in [0, 0.05) is 6.04 Å². The zero-order valence-electron chi connectivity index (χ0n) is 9.47. The first-order valence-electron chi connectivity index (χ1n) is 5.26. The van der Waals surface area contributed by atoms with E-state index in [1.54, 1.807) is 0 Å². The summed E-state index contributed by atoms with van der Waals surface area (Å²) in [6.45, 7) is 1.29. The number of hydrogen-bond acceptors (Lipinski definition) is 5. The number of carboxylic acid groups (broad SMARTS) is 1. The Labute approximate surface area is 99.5 Å². The van der Waals surface area contributed by atoms with Gasteiger partial charge in [0.05, 0.1) is 18.1 Å². The third-order valence-corrected chi connectivity index (χ3v) is 4.30. The molecule has 0 spiro atoms. The molecule has 1 unspecified atom stereocenters. The molecular weight excluding hydrogens is 248 g/mol. The summed E-state index contributed by atoms with van der Waals surface area (Å²) < 4.78 is 22.3. The molecule has 1 aliphatic heterocycles. The molecule has 1 rings (SSSR count). The van der Waals surface area contributed by atoms with Crippen molar-refractivity contribution in [2.24, 2.45) is 0 Å². The maximum Gasteiger partial charge on any atom is 0.320 e. The highest BCUT2D eigenvalue weighted by Gasteiger charge is 2.28. The number of carboxylic acids is 1. The van der Waals surface area contributed by atoms with E-state index in [1.165, 1.54) is 6.92 Å². The van der Waals surface area contributed by atoms with Crippen LogP contribution < -0.4 is 10.6 Å². The second-order valence-electron chi connectivity index (χ2n) is 4.11. The third-order valence-electron chi connectivity index (χ3n) is 2.54. The number of carbonyl (C=O) groups is 2. The minimum atomic E-state index is -3.02. The van der Waals surface area contributed by atoms with Gasteiger partial charge in [0.15, 0.2) is 9.84 Å². The van der Waals surface area contributed by atoms with Crippen LogP contribution in [0.3, 0.4) is 0 Å². The van der Waals surface area contributed by atoms with Gasteiger partial charge in [-0.2, -0.15) is 0 Å². The highest BCUT2D eigenvalue weighted by Crippen LogP contribution is 2.10. The maximum absolute atomic E-state index is 11.4. The molecule has 1 fully saturated rings. The number of rotatable bonds is 5. The van der Waals surface area contributed by atoms with Crippen molar-refractivity contribution in [3.05, 3.63) is 0 Å². The summed E-state index contributed by atoms with van der Waals surface area (Å²) in [4.78, 5) is 21.8. The van der Waals surface area contributed by atoms with Crippen LogP contribution in [-0.4, -0.2) is 55.5 Å². The van der Waals surface area contributed by atoms with Gasteiger partial charge >= 0.3 is 5.97 Å². The maximum atomic E-state index is 11.4. The molecule has 1 amide bonds. The molecule has 8 heteroatoms. The molecule has 3 N–H and O–H groups in total. The van der Waals surface area contributed by atoms with E-state index in [4.69, 9.17) is 5.11 Å². The number of aliphatic carboxylic acids is 1. The zero-order valence-corrected chi connectivity index (χ0v) is 10.3. The van der Waals surface area contributed by atoms with E-state index in [2.05, 4.69) is 10.6 Å². The van der Waals surface area contributed by atoms with Gasteiger partial charge in [-0.25, -0.2) is 8.42 Å². The number of amides is 1. The van der Waals surface area contributed by atoms with Crippen molar-refractivity contribution in [1.29, 1.82) is 0 Å². The zero-order chi connectivity index (χ0) is 13.1. The second-order valence-corrected chi connectivity index (χ2v) is 6.34. The Bertz CT molecular complexity index is 406. The molecule has 1 aliphatic rings. The van der Waals surface area contributed by atoms with E-state index in [-0.39, 0.29) is 30.0 Å². The molecule has 17 heavy (non-hydrogen) atoms. The first-order chi connectivity index (χ1) is 7.80. The molecule has 2 atom stereocenters. The summed E-state index contributed by atoms with van der Waals surface area (Å²) >= 11 is 0. The first-order valence-corrected chi connectivity index (χ1v) is 7.08. The Morgan fingerprint density at radius 3 is 2.59 bits per heavy atom. The Morgan fingerprint density at radius 2 is 2.12 bits per heavy atom. The summed E-state index contributed by atoms with van der Waals surface area (Å²) in [6.07, 6.45) is 0.419. The van der Waals surface area contributed by atoms with Crippen molar-refractivity contribution in [2.75, 3.05) is 18.1 Å². The minimum absolute atomic E-state index is 0.0345. The molecule has 98 valence electrons. The molecule has 0 aromatic rings. The van der Waals surface area contributed by atoms with Crippen LogP contribution in [0.15, 0.2) is 0 Å². The van der Waals surface area contributed by atoms with Crippen LogP contribution in [-0.2, 0) is 19.4 Å².